The summed E-state index contributed by atoms with van der Waals surface area (Å²) in [7, 11) is -1.90. The van der Waals surface area contributed by atoms with E-state index in [0.717, 1.165) is 25.1 Å². The van der Waals surface area contributed by atoms with Crippen LogP contribution in [0, 0.1) is 13.5 Å². The Morgan fingerprint density at radius 1 is 1.10 bits per heavy atom. The number of benzene rings is 1. The maximum absolute atomic E-state index is 12.5. The zero-order valence-corrected chi connectivity index (χ0v) is 24.1. The lowest BCUT2D eigenvalue weighted by atomic mass is 10.1. The molecule has 1 unspecified atom stereocenters. The normalized spacial score (nSPS) is 15.5. The molecule has 1 saturated heterocycles. The van der Waals surface area contributed by atoms with E-state index in [0.29, 0.717) is 65.9 Å². The van der Waals surface area contributed by atoms with E-state index in [1.807, 2.05) is 23.6 Å². The van der Waals surface area contributed by atoms with E-state index in [1.54, 1.807) is 37.4 Å². The van der Waals surface area contributed by atoms with E-state index in [1.165, 1.54) is 6.26 Å². The fourth-order valence-corrected chi connectivity index (χ4v) is 5.75. The van der Waals surface area contributed by atoms with E-state index in [2.05, 4.69) is 15.1 Å². The number of anilines is 2. The summed E-state index contributed by atoms with van der Waals surface area (Å²) >= 11 is 0. The number of imidazole rings is 1. The van der Waals surface area contributed by atoms with Gasteiger partial charge in [0.2, 0.25) is 0 Å². The van der Waals surface area contributed by atoms with Gasteiger partial charge in [-0.25, -0.2) is 18.4 Å². The minimum atomic E-state index is -3.49. The lowest BCUT2D eigenvalue weighted by molar-refractivity contribution is -0.0309. The average molecular weight is 577 g/mol. The third kappa shape index (κ3) is 6.32. The maximum atomic E-state index is 12.5. The van der Waals surface area contributed by atoms with E-state index >= 15 is 0 Å². The summed E-state index contributed by atoms with van der Waals surface area (Å²) in [5.41, 5.74) is 3.62. The second-order valence-electron chi connectivity index (χ2n) is 9.83. The molecule has 3 aromatic heterocycles. The van der Waals surface area contributed by atoms with Gasteiger partial charge in [0, 0.05) is 20.0 Å². The summed E-state index contributed by atoms with van der Waals surface area (Å²) in [6, 6.07) is 12.2. The lowest BCUT2D eigenvalue weighted by Crippen LogP contribution is -2.19. The van der Waals surface area contributed by atoms with Crippen molar-refractivity contribution in [3.05, 3.63) is 71.1 Å². The Hall–Kier alpha value is -4.05. The molecule has 1 aromatic carbocycles. The molecule has 4 aromatic rings. The Morgan fingerprint density at radius 2 is 1.93 bits per heavy atom. The van der Waals surface area contributed by atoms with E-state index in [9.17, 15) is 8.42 Å². The Bertz CT molecular complexity index is 1710. The van der Waals surface area contributed by atoms with Gasteiger partial charge in [-0.3, -0.25) is 4.57 Å². The van der Waals surface area contributed by atoms with Gasteiger partial charge in [0.05, 0.1) is 35.0 Å². The summed E-state index contributed by atoms with van der Waals surface area (Å²) in [6.45, 7) is 10.9. The predicted molar refractivity (Wildman–Crippen MR) is 155 cm³/mol. The summed E-state index contributed by atoms with van der Waals surface area (Å²) in [5, 5.41) is 3.32. The molecule has 0 aliphatic carbocycles. The van der Waals surface area contributed by atoms with Gasteiger partial charge in [0.25, 0.3) is 0 Å². The smallest absolute Gasteiger partial charge is 0.312 e. The first-order valence-corrected chi connectivity index (χ1v) is 15.2. The van der Waals surface area contributed by atoms with E-state index in [4.69, 9.17) is 30.8 Å². The highest BCUT2D eigenvalue weighted by atomic mass is 32.2. The molecule has 0 radical (unpaired) electrons. The zero-order chi connectivity index (χ0) is 29.0. The summed E-state index contributed by atoms with van der Waals surface area (Å²) in [5.74, 6) is 1.31. The van der Waals surface area contributed by atoms with Gasteiger partial charge in [-0.15, -0.1) is 4.98 Å². The van der Waals surface area contributed by atoms with E-state index < -0.39 is 9.84 Å². The first-order chi connectivity index (χ1) is 19.8. The molecule has 1 aliphatic rings. The second kappa shape index (κ2) is 12.2. The van der Waals surface area contributed by atoms with Gasteiger partial charge in [0.15, 0.2) is 15.5 Å². The van der Waals surface area contributed by atoms with Crippen LogP contribution in [-0.4, -0.2) is 61.1 Å². The molecular formula is C29H32N6O5S. The number of nitrogens with one attached hydrogen (secondary N) is 1. The molecular weight excluding hydrogens is 544 g/mol. The molecule has 12 heteroatoms. The third-order valence-electron chi connectivity index (χ3n) is 6.79. The fourth-order valence-electron chi connectivity index (χ4n) is 4.91. The molecule has 0 amide bonds. The first-order valence-electron chi connectivity index (χ1n) is 13.3. The number of nitrogens with zero attached hydrogens (tertiary/aromatic N) is 5. The van der Waals surface area contributed by atoms with Gasteiger partial charge >= 0.3 is 5.82 Å². The second-order valence-corrected chi connectivity index (χ2v) is 11.8. The van der Waals surface area contributed by atoms with E-state index in [-0.39, 0.29) is 16.9 Å². The Labute approximate surface area is 239 Å². The third-order valence-corrected chi connectivity index (χ3v) is 7.94. The molecule has 1 fully saturated rings. The SMILES string of the molecule is [C-]#[N+]c1nc(Cc2cc(Nc3ccccc3S(C)(=O)=O)c3nc(C)n(C4CCCCO4)c3n2)ccc1OCCOC. The summed E-state index contributed by atoms with van der Waals surface area (Å²) in [6.07, 6.45) is 4.22. The van der Waals surface area contributed by atoms with Gasteiger partial charge < -0.3 is 24.4 Å². The van der Waals surface area contributed by atoms with Crippen LogP contribution in [0.1, 0.15) is 42.7 Å². The highest BCUT2D eigenvalue weighted by Crippen LogP contribution is 2.34. The molecule has 1 atom stereocenters. The Morgan fingerprint density at radius 3 is 2.66 bits per heavy atom. The number of aryl methyl sites for hydroxylation is 1. The number of fused-ring (bicyclic) bond motifs is 1. The van der Waals surface area contributed by atoms with Crippen LogP contribution in [0.2, 0.25) is 0 Å². The minimum absolute atomic E-state index is 0.164. The largest absolute Gasteiger partial charge is 0.500 e. The molecule has 1 N–H and O–H groups in total. The number of para-hydroxylation sites is 1. The van der Waals surface area contributed by atoms with Crippen molar-refractivity contribution in [1.29, 1.82) is 0 Å². The molecule has 1 aliphatic heterocycles. The Kier molecular flexibility index (Phi) is 8.49. The van der Waals surface area contributed by atoms with Crippen LogP contribution in [0.4, 0.5) is 17.2 Å². The number of hydrogen-bond donors (Lipinski definition) is 1. The first kappa shape index (κ1) is 28.5. The van der Waals surface area contributed by atoms with Gasteiger partial charge in [-0.05, 0) is 56.5 Å². The molecule has 0 saturated carbocycles. The number of methoxy groups -OCH3 is 1. The number of rotatable bonds is 10. The number of hydrogen-bond acceptors (Lipinski definition) is 9. The Balaban J connectivity index is 1.58. The van der Waals surface area contributed by atoms with Gasteiger partial charge in [-0.1, -0.05) is 18.7 Å². The number of sulfone groups is 1. The molecule has 0 spiro atoms. The van der Waals surface area contributed by atoms with Crippen molar-refractivity contribution in [2.45, 2.75) is 43.7 Å². The van der Waals surface area contributed by atoms with Crippen LogP contribution in [-0.2, 0) is 25.7 Å². The topological polar surface area (TPSA) is 122 Å². The molecule has 41 heavy (non-hydrogen) atoms. The molecule has 5 rings (SSSR count). The molecule has 214 valence electrons. The summed E-state index contributed by atoms with van der Waals surface area (Å²) < 4.78 is 43.8. The fraction of sp³-hybridized carbons (Fsp3) is 0.379. The van der Waals surface area contributed by atoms with Crippen LogP contribution in [0.3, 0.4) is 0 Å². The van der Waals surface area contributed by atoms with Crippen LogP contribution >= 0.6 is 0 Å². The number of ether oxygens (including phenoxy) is 3. The van der Waals surface area contributed by atoms with Crippen molar-refractivity contribution in [3.63, 3.8) is 0 Å². The average Bonchev–Trinajstić information content (AvgIpc) is 3.30. The van der Waals surface area contributed by atoms with Crippen molar-refractivity contribution < 1.29 is 22.6 Å². The molecule has 0 bridgehead atoms. The molecule has 11 nitrogen and oxygen atoms in total. The van der Waals surface area contributed by atoms with Gasteiger partial charge in [0.1, 0.15) is 35.6 Å². The number of aromatic nitrogens is 4. The quantitative estimate of drug-likeness (QED) is 0.202. The predicted octanol–water partition coefficient (Wildman–Crippen LogP) is 5.15. The van der Waals surface area contributed by atoms with Crippen molar-refractivity contribution >= 4 is 38.2 Å². The maximum Gasteiger partial charge on any atom is 0.312 e. The lowest BCUT2D eigenvalue weighted by Gasteiger charge is -2.25. The van der Waals surface area contributed by atoms with Crippen LogP contribution in [0.5, 0.6) is 5.75 Å². The highest BCUT2D eigenvalue weighted by Gasteiger charge is 2.24. The monoisotopic (exact) mass is 576 g/mol. The zero-order valence-electron chi connectivity index (χ0n) is 23.3. The minimum Gasteiger partial charge on any atom is -0.500 e. The van der Waals surface area contributed by atoms with Crippen LogP contribution in [0.25, 0.3) is 16.0 Å². The van der Waals surface area contributed by atoms with Crippen LogP contribution < -0.4 is 10.1 Å². The van der Waals surface area contributed by atoms with Crippen molar-refractivity contribution in [3.8, 4) is 5.75 Å². The van der Waals surface area contributed by atoms with Crippen LogP contribution in [0.15, 0.2) is 47.4 Å². The van der Waals surface area contributed by atoms with Crippen molar-refractivity contribution in [2.24, 2.45) is 0 Å². The highest BCUT2D eigenvalue weighted by molar-refractivity contribution is 7.90. The van der Waals surface area contributed by atoms with Crippen molar-refractivity contribution in [2.75, 3.05) is 38.5 Å². The van der Waals surface area contributed by atoms with Gasteiger partial charge in [-0.2, -0.15) is 0 Å². The van der Waals surface area contributed by atoms with Crippen molar-refractivity contribution in [1.82, 2.24) is 19.5 Å². The molecule has 4 heterocycles. The number of pyridine rings is 2. The standard InChI is InChI=1S/C29H32N6O5S/c1-19-31-27-23(34-22-9-5-6-10-25(22)41(4,36)37)18-21(33-29(27)35(19)26-11-7-8-14-40-26)17-20-12-13-24(28(30-2)32-20)39-16-15-38-3/h5-6,9-10,12-13,18,26H,7-8,11,14-17H2,1,3-4H3,(H,33,34). The summed E-state index contributed by atoms with van der Waals surface area (Å²) in [4.78, 5) is 18.0.